The highest BCUT2D eigenvalue weighted by Crippen LogP contribution is 2.23. The predicted octanol–water partition coefficient (Wildman–Crippen LogP) is 4.58. The zero-order valence-electron chi connectivity index (χ0n) is 14.6. The fraction of sp³-hybridized carbons (Fsp3) is 0.350. The topological polar surface area (TPSA) is 38.3 Å². The Balaban J connectivity index is 2.12. The van der Waals surface area contributed by atoms with E-state index in [0.29, 0.717) is 0 Å². The molecule has 1 amide bonds. The van der Waals surface area contributed by atoms with Gasteiger partial charge in [-0.3, -0.25) is 4.79 Å². The molecule has 23 heavy (non-hydrogen) atoms. The Morgan fingerprint density at radius 3 is 2.52 bits per heavy atom. The molecule has 0 bridgehead atoms. The fourth-order valence-electron chi connectivity index (χ4n) is 2.60. The van der Waals surface area contributed by atoms with Crippen molar-refractivity contribution in [3.05, 3.63) is 58.7 Å². The molecule has 0 unspecified atom stereocenters. The number of hydrogen-bond donors (Lipinski definition) is 1. The summed E-state index contributed by atoms with van der Waals surface area (Å²) < 4.78 is 5.84. The van der Waals surface area contributed by atoms with Crippen molar-refractivity contribution in [2.75, 3.05) is 5.32 Å². The first kappa shape index (κ1) is 17.1. The van der Waals surface area contributed by atoms with Crippen LogP contribution in [0.5, 0.6) is 5.75 Å². The number of hydrogen-bond acceptors (Lipinski definition) is 2. The Labute approximate surface area is 138 Å². The first-order valence-electron chi connectivity index (χ1n) is 8.05. The van der Waals surface area contributed by atoms with Crippen molar-refractivity contribution in [3.63, 3.8) is 0 Å². The molecule has 0 aromatic heterocycles. The summed E-state index contributed by atoms with van der Waals surface area (Å²) >= 11 is 0. The molecule has 1 atom stereocenters. The number of aryl methyl sites for hydroxylation is 4. The van der Waals surface area contributed by atoms with Crippen LogP contribution in [0, 0.1) is 20.8 Å². The zero-order valence-corrected chi connectivity index (χ0v) is 14.6. The van der Waals surface area contributed by atoms with Crippen molar-refractivity contribution in [2.45, 2.75) is 47.1 Å². The summed E-state index contributed by atoms with van der Waals surface area (Å²) in [5.41, 5.74) is 5.32. The number of para-hydroxylation sites is 1. The molecule has 122 valence electrons. The largest absolute Gasteiger partial charge is 0.481 e. The Kier molecular flexibility index (Phi) is 5.43. The molecule has 2 rings (SSSR count). The standard InChI is InChI=1S/C20H25NO2/c1-6-17-9-7-8-14(3)19(17)21-20(22)16(5)23-18-11-10-13(2)12-15(18)4/h7-12,16H,6H2,1-5H3,(H,21,22)/t16-/m1/s1. The molecule has 0 aliphatic heterocycles. The van der Waals surface area contributed by atoms with Crippen LogP contribution >= 0.6 is 0 Å². The second-order valence-corrected chi connectivity index (χ2v) is 5.98. The van der Waals surface area contributed by atoms with E-state index in [-0.39, 0.29) is 5.91 Å². The number of anilines is 1. The average molecular weight is 311 g/mol. The van der Waals surface area contributed by atoms with Gasteiger partial charge in [0.25, 0.3) is 5.91 Å². The van der Waals surface area contributed by atoms with E-state index in [4.69, 9.17) is 4.74 Å². The van der Waals surface area contributed by atoms with Crippen LogP contribution in [-0.2, 0) is 11.2 Å². The first-order chi connectivity index (χ1) is 10.9. The van der Waals surface area contributed by atoms with Gasteiger partial charge < -0.3 is 10.1 Å². The van der Waals surface area contributed by atoms with Gasteiger partial charge in [0.15, 0.2) is 6.10 Å². The van der Waals surface area contributed by atoms with Crippen LogP contribution in [0.3, 0.4) is 0 Å². The number of benzene rings is 2. The summed E-state index contributed by atoms with van der Waals surface area (Å²) in [4.78, 5) is 12.5. The van der Waals surface area contributed by atoms with E-state index in [1.54, 1.807) is 6.92 Å². The molecule has 1 N–H and O–H groups in total. The molecular weight excluding hydrogens is 286 g/mol. The third-order valence-corrected chi connectivity index (χ3v) is 3.99. The van der Waals surface area contributed by atoms with Gasteiger partial charge in [0, 0.05) is 5.69 Å². The number of carbonyl (C=O) groups excluding carboxylic acids is 1. The van der Waals surface area contributed by atoms with Crippen LogP contribution in [0.2, 0.25) is 0 Å². The molecule has 0 aliphatic carbocycles. The summed E-state index contributed by atoms with van der Waals surface area (Å²) in [6, 6.07) is 12.0. The highest BCUT2D eigenvalue weighted by molar-refractivity contribution is 5.95. The molecule has 3 nitrogen and oxygen atoms in total. The van der Waals surface area contributed by atoms with E-state index in [1.165, 1.54) is 5.56 Å². The smallest absolute Gasteiger partial charge is 0.265 e. The van der Waals surface area contributed by atoms with Crippen molar-refractivity contribution in [1.82, 2.24) is 0 Å². The molecule has 2 aromatic carbocycles. The van der Waals surface area contributed by atoms with Crippen LogP contribution < -0.4 is 10.1 Å². The molecule has 3 heteroatoms. The minimum Gasteiger partial charge on any atom is -0.481 e. The number of carbonyl (C=O) groups is 1. The Hall–Kier alpha value is -2.29. The maximum absolute atomic E-state index is 12.5. The third kappa shape index (κ3) is 4.13. The lowest BCUT2D eigenvalue weighted by molar-refractivity contribution is -0.122. The molecular formula is C20H25NO2. The third-order valence-electron chi connectivity index (χ3n) is 3.99. The summed E-state index contributed by atoms with van der Waals surface area (Å²) in [5.74, 6) is 0.618. The van der Waals surface area contributed by atoms with Gasteiger partial charge in [-0.1, -0.05) is 42.8 Å². The highest BCUT2D eigenvalue weighted by Gasteiger charge is 2.17. The fourth-order valence-corrected chi connectivity index (χ4v) is 2.60. The number of amides is 1. The van der Waals surface area contributed by atoms with E-state index in [9.17, 15) is 4.79 Å². The van der Waals surface area contributed by atoms with Gasteiger partial charge in [0.05, 0.1) is 0 Å². The van der Waals surface area contributed by atoms with E-state index < -0.39 is 6.10 Å². The van der Waals surface area contributed by atoms with E-state index >= 15 is 0 Å². The van der Waals surface area contributed by atoms with Gasteiger partial charge in [-0.05, 0) is 56.9 Å². The molecule has 0 heterocycles. The van der Waals surface area contributed by atoms with Crippen LogP contribution in [0.1, 0.15) is 36.1 Å². The van der Waals surface area contributed by atoms with Crippen LogP contribution in [0.25, 0.3) is 0 Å². The summed E-state index contributed by atoms with van der Waals surface area (Å²) in [6.07, 6.45) is 0.324. The van der Waals surface area contributed by atoms with Crippen molar-refractivity contribution in [3.8, 4) is 5.75 Å². The normalized spacial score (nSPS) is 11.9. The average Bonchev–Trinajstić information content (AvgIpc) is 2.51. The summed E-state index contributed by atoms with van der Waals surface area (Å²) in [7, 11) is 0. The van der Waals surface area contributed by atoms with Crippen molar-refractivity contribution >= 4 is 11.6 Å². The maximum Gasteiger partial charge on any atom is 0.265 e. The maximum atomic E-state index is 12.5. The summed E-state index contributed by atoms with van der Waals surface area (Å²) in [5, 5.41) is 3.02. The zero-order chi connectivity index (χ0) is 17.0. The highest BCUT2D eigenvalue weighted by atomic mass is 16.5. The molecule has 0 saturated heterocycles. The van der Waals surface area contributed by atoms with Crippen LogP contribution in [-0.4, -0.2) is 12.0 Å². The quantitative estimate of drug-likeness (QED) is 0.877. The molecule has 0 fully saturated rings. The van der Waals surface area contributed by atoms with E-state index in [2.05, 4.69) is 18.3 Å². The van der Waals surface area contributed by atoms with Crippen molar-refractivity contribution in [2.24, 2.45) is 0 Å². The molecule has 0 aliphatic rings. The molecule has 0 radical (unpaired) electrons. The minimum atomic E-state index is -0.555. The second kappa shape index (κ2) is 7.32. The van der Waals surface area contributed by atoms with Gasteiger partial charge in [0.2, 0.25) is 0 Å². The van der Waals surface area contributed by atoms with Gasteiger partial charge in [-0.25, -0.2) is 0 Å². The monoisotopic (exact) mass is 311 g/mol. The molecule has 0 spiro atoms. The second-order valence-electron chi connectivity index (χ2n) is 5.98. The SMILES string of the molecule is CCc1cccc(C)c1NC(=O)[C@@H](C)Oc1ccc(C)cc1C. The predicted molar refractivity (Wildman–Crippen MR) is 95.2 cm³/mol. The Morgan fingerprint density at radius 2 is 1.87 bits per heavy atom. The lowest BCUT2D eigenvalue weighted by Gasteiger charge is -2.18. The van der Waals surface area contributed by atoms with Gasteiger partial charge in [0.1, 0.15) is 5.75 Å². The van der Waals surface area contributed by atoms with Crippen LogP contribution in [0.15, 0.2) is 36.4 Å². The Bertz CT molecular complexity index is 707. The van der Waals surface area contributed by atoms with Gasteiger partial charge >= 0.3 is 0 Å². The lowest BCUT2D eigenvalue weighted by Crippen LogP contribution is -2.31. The summed E-state index contributed by atoms with van der Waals surface area (Å²) in [6.45, 7) is 9.89. The number of rotatable bonds is 5. The van der Waals surface area contributed by atoms with E-state index in [0.717, 1.165) is 34.5 Å². The van der Waals surface area contributed by atoms with Gasteiger partial charge in [-0.2, -0.15) is 0 Å². The van der Waals surface area contributed by atoms with Crippen LogP contribution in [0.4, 0.5) is 5.69 Å². The van der Waals surface area contributed by atoms with E-state index in [1.807, 2.05) is 51.1 Å². The first-order valence-corrected chi connectivity index (χ1v) is 8.05. The Morgan fingerprint density at radius 1 is 1.13 bits per heavy atom. The van der Waals surface area contributed by atoms with Gasteiger partial charge in [-0.15, -0.1) is 0 Å². The minimum absolute atomic E-state index is 0.131. The lowest BCUT2D eigenvalue weighted by atomic mass is 10.1. The van der Waals surface area contributed by atoms with Crippen molar-refractivity contribution < 1.29 is 9.53 Å². The molecule has 2 aromatic rings. The number of ether oxygens (including phenoxy) is 1. The number of nitrogens with one attached hydrogen (secondary N) is 1. The molecule has 0 saturated carbocycles. The van der Waals surface area contributed by atoms with Crippen molar-refractivity contribution in [1.29, 1.82) is 0 Å².